The third kappa shape index (κ3) is 8.51. The highest BCUT2D eigenvalue weighted by molar-refractivity contribution is 5.76. The Morgan fingerprint density at radius 3 is 2.43 bits per heavy atom. The first-order chi connectivity index (χ1) is 6.52. The summed E-state index contributed by atoms with van der Waals surface area (Å²) >= 11 is 0. The van der Waals surface area contributed by atoms with Gasteiger partial charge in [-0.2, -0.15) is 0 Å². The van der Waals surface area contributed by atoms with E-state index >= 15 is 0 Å². The van der Waals surface area contributed by atoms with Crippen molar-refractivity contribution in [1.82, 2.24) is 5.32 Å². The van der Waals surface area contributed by atoms with Crippen LogP contribution < -0.4 is 5.32 Å². The van der Waals surface area contributed by atoms with Crippen molar-refractivity contribution in [3.8, 4) is 0 Å². The molecule has 0 unspecified atom stereocenters. The summed E-state index contributed by atoms with van der Waals surface area (Å²) in [5.74, 6) is -1.74. The molecular formula is C8H13NO5. The summed E-state index contributed by atoms with van der Waals surface area (Å²) in [5, 5.41) is 10.6. The fraction of sp³-hybridized carbons (Fsp3) is 0.625. The molecule has 0 aliphatic heterocycles. The predicted octanol–water partition coefficient (Wildman–Crippen LogP) is -0.122. The first kappa shape index (κ1) is 12.4. The van der Waals surface area contributed by atoms with Crippen LogP contribution in [0.4, 0.5) is 0 Å². The van der Waals surface area contributed by atoms with Gasteiger partial charge in [0.2, 0.25) is 5.91 Å². The minimum absolute atomic E-state index is 0.0407. The first-order valence-corrected chi connectivity index (χ1v) is 4.14. The molecule has 0 spiro atoms. The molecule has 0 heterocycles. The second-order valence-electron chi connectivity index (χ2n) is 2.63. The number of carboxylic acid groups (broad SMARTS) is 1. The van der Waals surface area contributed by atoms with Gasteiger partial charge in [-0.15, -0.1) is 0 Å². The highest BCUT2D eigenvalue weighted by atomic mass is 16.5. The van der Waals surface area contributed by atoms with Crippen LogP contribution >= 0.6 is 0 Å². The number of aliphatic carboxylic acids is 1. The smallest absolute Gasteiger partial charge is 0.304 e. The van der Waals surface area contributed by atoms with Crippen molar-refractivity contribution in [2.45, 2.75) is 26.2 Å². The average Bonchev–Trinajstić information content (AvgIpc) is 2.02. The fourth-order valence-electron chi connectivity index (χ4n) is 0.707. The van der Waals surface area contributed by atoms with Crippen LogP contribution in [0.3, 0.4) is 0 Å². The van der Waals surface area contributed by atoms with Crippen molar-refractivity contribution in [3.63, 3.8) is 0 Å². The number of carbonyl (C=O) groups excluding carboxylic acids is 2. The van der Waals surface area contributed by atoms with E-state index in [9.17, 15) is 14.4 Å². The van der Waals surface area contributed by atoms with Gasteiger partial charge in [0.15, 0.2) is 6.73 Å². The molecule has 14 heavy (non-hydrogen) atoms. The molecule has 0 aromatic rings. The molecule has 0 saturated carbocycles. The average molecular weight is 203 g/mol. The molecule has 0 aromatic carbocycles. The van der Waals surface area contributed by atoms with Crippen molar-refractivity contribution in [2.24, 2.45) is 0 Å². The molecule has 6 heteroatoms. The van der Waals surface area contributed by atoms with Crippen LogP contribution in [0.1, 0.15) is 26.2 Å². The van der Waals surface area contributed by atoms with Crippen molar-refractivity contribution < 1.29 is 24.2 Å². The number of rotatable bonds is 6. The Bertz CT molecular complexity index is 204. The first-order valence-electron chi connectivity index (χ1n) is 4.14. The summed E-state index contributed by atoms with van der Waals surface area (Å²) in [7, 11) is 0. The van der Waals surface area contributed by atoms with Gasteiger partial charge in [0.05, 0.1) is 0 Å². The van der Waals surface area contributed by atoms with Crippen LogP contribution in [-0.2, 0) is 19.1 Å². The largest absolute Gasteiger partial charge is 0.481 e. The zero-order valence-corrected chi connectivity index (χ0v) is 7.91. The Labute approximate surface area is 81.2 Å². The van der Waals surface area contributed by atoms with Gasteiger partial charge in [-0.05, 0) is 6.42 Å². The van der Waals surface area contributed by atoms with Gasteiger partial charge >= 0.3 is 11.9 Å². The number of carbonyl (C=O) groups is 3. The van der Waals surface area contributed by atoms with Crippen molar-refractivity contribution in [1.29, 1.82) is 0 Å². The standard InChI is InChI=1S/C8H13NO5/c1-6(10)14-5-9-7(11)3-2-4-8(12)13/h2-5H2,1H3,(H,9,11)(H,12,13). The summed E-state index contributed by atoms with van der Waals surface area (Å²) in [6.07, 6.45) is 0.357. The van der Waals surface area contributed by atoms with Crippen molar-refractivity contribution in [2.75, 3.05) is 6.73 Å². The number of carboxylic acids is 1. The van der Waals surface area contributed by atoms with Crippen LogP contribution in [0.25, 0.3) is 0 Å². The molecule has 2 N–H and O–H groups in total. The van der Waals surface area contributed by atoms with Gasteiger partial charge in [-0.3, -0.25) is 14.4 Å². The summed E-state index contributed by atoms with van der Waals surface area (Å²) < 4.78 is 4.45. The van der Waals surface area contributed by atoms with Gasteiger partial charge < -0.3 is 15.2 Å². The fourth-order valence-corrected chi connectivity index (χ4v) is 0.707. The molecule has 0 bridgehead atoms. The van der Waals surface area contributed by atoms with E-state index in [-0.39, 0.29) is 31.9 Å². The third-order valence-corrected chi connectivity index (χ3v) is 1.34. The van der Waals surface area contributed by atoms with E-state index < -0.39 is 11.9 Å². The van der Waals surface area contributed by atoms with Crippen LogP contribution in [-0.4, -0.2) is 29.7 Å². The minimum atomic E-state index is -0.933. The number of hydrogen-bond donors (Lipinski definition) is 2. The molecule has 0 fully saturated rings. The molecule has 0 rings (SSSR count). The number of hydrogen-bond acceptors (Lipinski definition) is 4. The van der Waals surface area contributed by atoms with Crippen LogP contribution in [0.2, 0.25) is 0 Å². The molecule has 0 aliphatic carbocycles. The SMILES string of the molecule is CC(=O)OCNC(=O)CCCC(=O)O. The lowest BCUT2D eigenvalue weighted by Gasteiger charge is -2.03. The lowest BCUT2D eigenvalue weighted by atomic mass is 10.2. The summed E-state index contributed by atoms with van der Waals surface area (Å²) in [6.45, 7) is 1.07. The lowest BCUT2D eigenvalue weighted by Crippen LogP contribution is -2.26. The highest BCUT2D eigenvalue weighted by Gasteiger charge is 2.03. The summed E-state index contributed by atoms with van der Waals surface area (Å²) in [4.78, 5) is 31.3. The maximum atomic E-state index is 10.9. The monoisotopic (exact) mass is 203 g/mol. The molecule has 1 amide bonds. The molecule has 0 aromatic heterocycles. The number of amides is 1. The van der Waals surface area contributed by atoms with Crippen molar-refractivity contribution in [3.05, 3.63) is 0 Å². The van der Waals surface area contributed by atoms with E-state index in [0.717, 1.165) is 0 Å². The Kier molecular flexibility index (Phi) is 6.09. The van der Waals surface area contributed by atoms with E-state index in [0.29, 0.717) is 0 Å². The van der Waals surface area contributed by atoms with E-state index in [1.807, 2.05) is 0 Å². The summed E-state index contributed by atoms with van der Waals surface area (Å²) in [5.41, 5.74) is 0. The predicted molar refractivity (Wildman–Crippen MR) is 46.3 cm³/mol. The molecule has 0 saturated heterocycles. The zero-order chi connectivity index (χ0) is 11.0. The third-order valence-electron chi connectivity index (χ3n) is 1.34. The highest BCUT2D eigenvalue weighted by Crippen LogP contribution is 1.94. The maximum Gasteiger partial charge on any atom is 0.304 e. The molecule has 0 aliphatic rings. The molecular weight excluding hydrogens is 190 g/mol. The lowest BCUT2D eigenvalue weighted by molar-refractivity contribution is -0.142. The Balaban J connectivity index is 3.37. The number of ether oxygens (including phenoxy) is 1. The summed E-state index contributed by atoms with van der Waals surface area (Å²) in [6, 6.07) is 0. The zero-order valence-electron chi connectivity index (χ0n) is 7.91. The van der Waals surface area contributed by atoms with Gasteiger partial charge in [-0.25, -0.2) is 0 Å². The number of esters is 1. The van der Waals surface area contributed by atoms with Crippen molar-refractivity contribution >= 4 is 17.8 Å². The Morgan fingerprint density at radius 2 is 1.93 bits per heavy atom. The van der Waals surface area contributed by atoms with Gasteiger partial charge in [0, 0.05) is 19.8 Å². The Hall–Kier alpha value is -1.59. The van der Waals surface area contributed by atoms with E-state index in [1.165, 1.54) is 6.92 Å². The molecule has 80 valence electrons. The Morgan fingerprint density at radius 1 is 1.29 bits per heavy atom. The van der Waals surface area contributed by atoms with Gasteiger partial charge in [0.1, 0.15) is 0 Å². The van der Waals surface area contributed by atoms with Crippen LogP contribution in [0.15, 0.2) is 0 Å². The van der Waals surface area contributed by atoms with Gasteiger partial charge in [0.25, 0.3) is 0 Å². The maximum absolute atomic E-state index is 10.9. The topological polar surface area (TPSA) is 92.7 Å². The quantitative estimate of drug-likeness (QED) is 0.463. The molecule has 0 radical (unpaired) electrons. The van der Waals surface area contributed by atoms with E-state index in [2.05, 4.69) is 10.1 Å². The molecule has 6 nitrogen and oxygen atoms in total. The van der Waals surface area contributed by atoms with Crippen LogP contribution in [0, 0.1) is 0 Å². The normalized spacial score (nSPS) is 9.21. The van der Waals surface area contributed by atoms with Gasteiger partial charge in [-0.1, -0.05) is 0 Å². The van der Waals surface area contributed by atoms with E-state index in [1.54, 1.807) is 0 Å². The second-order valence-corrected chi connectivity index (χ2v) is 2.63. The van der Waals surface area contributed by atoms with Crippen LogP contribution in [0.5, 0.6) is 0 Å². The minimum Gasteiger partial charge on any atom is -0.481 e. The second kappa shape index (κ2) is 6.88. The van der Waals surface area contributed by atoms with E-state index in [4.69, 9.17) is 5.11 Å². The number of nitrogens with one attached hydrogen (secondary N) is 1. The molecule has 0 atom stereocenters.